The van der Waals surface area contributed by atoms with Crippen LogP contribution in [0.4, 0.5) is 0 Å². The van der Waals surface area contributed by atoms with E-state index in [2.05, 4.69) is 4.74 Å². The molecular formula is C8H13ClO3. The van der Waals surface area contributed by atoms with Crippen LogP contribution in [0.2, 0.25) is 0 Å². The number of hydrogen-bond acceptors (Lipinski definition) is 3. The molecule has 1 fully saturated rings. The Bertz CT molecular complexity index is 154. The molecule has 1 aliphatic carbocycles. The Balaban J connectivity index is 2.07. The van der Waals surface area contributed by atoms with Gasteiger partial charge in [-0.25, -0.2) is 0 Å². The highest BCUT2D eigenvalue weighted by Crippen LogP contribution is 2.30. The van der Waals surface area contributed by atoms with Gasteiger partial charge in [0.05, 0.1) is 25.7 Å². The number of carbonyl (C=O) groups is 1. The minimum absolute atomic E-state index is 0.0512. The van der Waals surface area contributed by atoms with E-state index < -0.39 is 0 Å². The lowest BCUT2D eigenvalue weighted by atomic mass is 9.82. The van der Waals surface area contributed by atoms with Crippen molar-refractivity contribution in [2.75, 3.05) is 19.6 Å². The van der Waals surface area contributed by atoms with E-state index in [4.69, 9.17) is 16.3 Å². The smallest absolute Gasteiger partial charge is 0.308 e. The Labute approximate surface area is 77.0 Å². The fourth-order valence-electron chi connectivity index (χ4n) is 1.27. The third-order valence-electron chi connectivity index (χ3n) is 2.06. The Morgan fingerprint density at radius 3 is 2.75 bits per heavy atom. The number of methoxy groups -OCH3 is 1. The van der Waals surface area contributed by atoms with Crippen LogP contribution in [0.5, 0.6) is 0 Å². The zero-order chi connectivity index (χ0) is 8.97. The topological polar surface area (TPSA) is 35.5 Å². The highest BCUT2D eigenvalue weighted by molar-refractivity contribution is 6.17. The molecule has 1 aliphatic rings. The summed E-state index contributed by atoms with van der Waals surface area (Å²) in [5, 5.41) is 0. The van der Waals surface area contributed by atoms with Crippen molar-refractivity contribution in [3.63, 3.8) is 0 Å². The van der Waals surface area contributed by atoms with Crippen LogP contribution in [0.1, 0.15) is 12.8 Å². The molecule has 0 aromatic carbocycles. The van der Waals surface area contributed by atoms with E-state index in [9.17, 15) is 4.79 Å². The number of esters is 1. The third-order valence-corrected chi connectivity index (χ3v) is 2.21. The molecular weight excluding hydrogens is 180 g/mol. The van der Waals surface area contributed by atoms with E-state index in [1.165, 1.54) is 7.11 Å². The van der Waals surface area contributed by atoms with E-state index in [-0.39, 0.29) is 18.0 Å². The minimum atomic E-state index is -0.124. The summed E-state index contributed by atoms with van der Waals surface area (Å²) in [6.45, 7) is 0.570. The van der Waals surface area contributed by atoms with Crippen LogP contribution in [-0.4, -0.2) is 31.7 Å². The number of halogens is 1. The summed E-state index contributed by atoms with van der Waals surface area (Å²) in [6, 6.07) is 0. The average Bonchev–Trinajstić information content (AvgIpc) is 2.01. The van der Waals surface area contributed by atoms with Crippen molar-refractivity contribution in [1.29, 1.82) is 0 Å². The second kappa shape index (κ2) is 4.67. The van der Waals surface area contributed by atoms with Crippen molar-refractivity contribution in [2.45, 2.75) is 18.9 Å². The van der Waals surface area contributed by atoms with E-state index in [1.807, 2.05) is 0 Å². The number of ether oxygens (including phenoxy) is 2. The fourth-order valence-corrected chi connectivity index (χ4v) is 1.36. The van der Waals surface area contributed by atoms with Gasteiger partial charge in [-0.3, -0.25) is 4.79 Å². The molecule has 0 heterocycles. The molecule has 0 bridgehead atoms. The first-order valence-electron chi connectivity index (χ1n) is 4.03. The molecule has 1 rings (SSSR count). The van der Waals surface area contributed by atoms with E-state index >= 15 is 0 Å². The van der Waals surface area contributed by atoms with Crippen LogP contribution in [0.15, 0.2) is 0 Å². The lowest BCUT2D eigenvalue weighted by molar-refractivity contribution is -0.154. The van der Waals surface area contributed by atoms with Gasteiger partial charge in [-0.1, -0.05) is 0 Å². The predicted molar refractivity (Wildman–Crippen MR) is 45.2 cm³/mol. The molecule has 0 saturated heterocycles. The first-order chi connectivity index (χ1) is 5.77. The predicted octanol–water partition coefficient (Wildman–Crippen LogP) is 1.19. The van der Waals surface area contributed by atoms with Gasteiger partial charge >= 0.3 is 5.97 Å². The third kappa shape index (κ3) is 2.35. The highest BCUT2D eigenvalue weighted by atomic mass is 35.5. The molecule has 0 aromatic rings. The maximum Gasteiger partial charge on any atom is 0.308 e. The Hall–Kier alpha value is -0.280. The van der Waals surface area contributed by atoms with Crippen molar-refractivity contribution in [1.82, 2.24) is 0 Å². The molecule has 3 nitrogen and oxygen atoms in total. The molecule has 0 amide bonds. The molecule has 4 heteroatoms. The van der Waals surface area contributed by atoms with E-state index in [0.29, 0.717) is 12.5 Å². The second-order valence-corrected chi connectivity index (χ2v) is 3.25. The molecule has 0 radical (unpaired) electrons. The lowest BCUT2D eigenvalue weighted by Crippen LogP contribution is -2.37. The number of carbonyl (C=O) groups excluding carboxylic acids is 1. The molecule has 0 aromatic heterocycles. The lowest BCUT2D eigenvalue weighted by Gasteiger charge is -2.32. The minimum Gasteiger partial charge on any atom is -0.469 e. The molecule has 12 heavy (non-hydrogen) atoms. The molecule has 0 unspecified atom stereocenters. The molecule has 0 atom stereocenters. The normalized spacial score (nSPS) is 27.8. The summed E-state index contributed by atoms with van der Waals surface area (Å²) >= 11 is 5.44. The Kier molecular flexibility index (Phi) is 3.82. The number of alkyl halides is 1. The summed E-state index contributed by atoms with van der Waals surface area (Å²) < 4.78 is 9.90. The zero-order valence-corrected chi connectivity index (χ0v) is 7.84. The van der Waals surface area contributed by atoms with Crippen molar-refractivity contribution in [2.24, 2.45) is 5.92 Å². The van der Waals surface area contributed by atoms with Gasteiger partial charge in [0.25, 0.3) is 0 Å². The monoisotopic (exact) mass is 192 g/mol. The number of hydrogen-bond donors (Lipinski definition) is 0. The van der Waals surface area contributed by atoms with Crippen LogP contribution >= 0.6 is 11.6 Å². The van der Waals surface area contributed by atoms with Crippen molar-refractivity contribution < 1.29 is 14.3 Å². The summed E-state index contributed by atoms with van der Waals surface area (Å²) in [5.41, 5.74) is 0. The fraction of sp³-hybridized carbons (Fsp3) is 0.875. The number of rotatable bonds is 4. The van der Waals surface area contributed by atoms with Gasteiger partial charge in [-0.2, -0.15) is 0 Å². The average molecular weight is 193 g/mol. The quantitative estimate of drug-likeness (QED) is 0.496. The standard InChI is InChI=1S/C8H13ClO3/c1-11-8(10)6-4-7(5-6)12-3-2-9/h6-7H,2-5H2,1H3/t6-,7+. The highest BCUT2D eigenvalue weighted by Gasteiger charge is 2.35. The van der Waals surface area contributed by atoms with Gasteiger partial charge in [0, 0.05) is 5.88 Å². The Morgan fingerprint density at radius 2 is 2.25 bits per heavy atom. The molecule has 0 spiro atoms. The van der Waals surface area contributed by atoms with E-state index in [0.717, 1.165) is 12.8 Å². The summed E-state index contributed by atoms with van der Waals surface area (Å²) in [7, 11) is 1.41. The largest absolute Gasteiger partial charge is 0.469 e. The maximum absolute atomic E-state index is 10.9. The van der Waals surface area contributed by atoms with Crippen molar-refractivity contribution >= 4 is 17.6 Å². The van der Waals surface area contributed by atoms with Gasteiger partial charge in [-0.15, -0.1) is 11.6 Å². The van der Waals surface area contributed by atoms with E-state index in [1.54, 1.807) is 0 Å². The van der Waals surface area contributed by atoms with Crippen LogP contribution in [0.25, 0.3) is 0 Å². The molecule has 0 aliphatic heterocycles. The molecule has 1 saturated carbocycles. The maximum atomic E-state index is 10.9. The summed E-state index contributed by atoms with van der Waals surface area (Å²) in [5.74, 6) is 0.440. The first-order valence-corrected chi connectivity index (χ1v) is 4.56. The van der Waals surface area contributed by atoms with Crippen molar-refractivity contribution in [3.05, 3.63) is 0 Å². The SMILES string of the molecule is COC(=O)[C@H]1C[C@@H](OCCCl)C1. The van der Waals surface area contributed by atoms with Crippen molar-refractivity contribution in [3.8, 4) is 0 Å². The molecule has 0 N–H and O–H groups in total. The van der Waals surface area contributed by atoms with Crippen LogP contribution in [0, 0.1) is 5.92 Å². The molecule has 70 valence electrons. The van der Waals surface area contributed by atoms with Crippen LogP contribution in [0.3, 0.4) is 0 Å². The summed E-state index contributed by atoms with van der Waals surface area (Å²) in [6.07, 6.45) is 1.78. The second-order valence-electron chi connectivity index (χ2n) is 2.87. The van der Waals surface area contributed by atoms with Gasteiger partial charge in [0.1, 0.15) is 0 Å². The van der Waals surface area contributed by atoms with Gasteiger partial charge in [0.2, 0.25) is 0 Å². The first kappa shape index (κ1) is 9.81. The summed E-state index contributed by atoms with van der Waals surface area (Å²) in [4.78, 5) is 10.9. The van der Waals surface area contributed by atoms with Gasteiger partial charge < -0.3 is 9.47 Å². The van der Waals surface area contributed by atoms with Crippen LogP contribution in [-0.2, 0) is 14.3 Å². The van der Waals surface area contributed by atoms with Gasteiger partial charge in [0.15, 0.2) is 0 Å². The van der Waals surface area contributed by atoms with Crippen LogP contribution < -0.4 is 0 Å². The Morgan fingerprint density at radius 1 is 1.58 bits per heavy atom. The zero-order valence-electron chi connectivity index (χ0n) is 7.09. The van der Waals surface area contributed by atoms with Gasteiger partial charge in [-0.05, 0) is 12.8 Å².